The van der Waals surface area contributed by atoms with Crippen LogP contribution in [-0.2, 0) is 10.2 Å². The van der Waals surface area contributed by atoms with E-state index in [1.54, 1.807) is 11.3 Å². The Balaban J connectivity index is 0.00000306. The minimum atomic E-state index is 0. The molecule has 0 atom stereocenters. The Kier molecular flexibility index (Phi) is 8.51. The van der Waals surface area contributed by atoms with E-state index in [-0.39, 0.29) is 23.7 Å². The van der Waals surface area contributed by atoms with Crippen molar-refractivity contribution in [2.24, 2.45) is 0 Å². The number of hydrogen-bond acceptors (Lipinski definition) is 5. The third-order valence-electron chi connectivity index (χ3n) is 5.97. The zero-order valence-corrected chi connectivity index (χ0v) is 21.6. The van der Waals surface area contributed by atoms with E-state index in [9.17, 15) is 4.79 Å². The Labute approximate surface area is 207 Å². The summed E-state index contributed by atoms with van der Waals surface area (Å²) in [5.74, 6) is 0.0169. The van der Waals surface area contributed by atoms with Gasteiger partial charge in [0.05, 0.1) is 23.4 Å². The Morgan fingerprint density at radius 1 is 1.12 bits per heavy atom. The fraction of sp³-hybridized carbons (Fsp3) is 0.462. The van der Waals surface area contributed by atoms with Crippen molar-refractivity contribution < 1.29 is 9.53 Å². The number of rotatable bonds is 6. The lowest BCUT2D eigenvalue weighted by Crippen LogP contribution is -2.39. The number of carbonyl (C=O) groups is 1. The molecule has 7 heteroatoms. The number of carbonyl (C=O) groups excluding carboxylic acids is 1. The van der Waals surface area contributed by atoms with E-state index in [2.05, 4.69) is 56.9 Å². The number of ether oxygens (including phenoxy) is 1. The monoisotopic (exact) mass is 487 g/mol. The molecule has 3 aromatic rings. The fourth-order valence-corrected chi connectivity index (χ4v) is 5.05. The minimum Gasteiger partial charge on any atom is -0.379 e. The van der Waals surface area contributed by atoms with E-state index in [1.807, 2.05) is 23.1 Å². The summed E-state index contributed by atoms with van der Waals surface area (Å²) in [5.41, 5.74) is 4.15. The highest BCUT2D eigenvalue weighted by molar-refractivity contribution is 7.22. The van der Waals surface area contributed by atoms with Gasteiger partial charge in [0, 0.05) is 31.7 Å². The van der Waals surface area contributed by atoms with Gasteiger partial charge in [0.15, 0.2) is 5.13 Å². The lowest BCUT2D eigenvalue weighted by atomic mass is 9.86. The Bertz CT molecular complexity index is 1070. The predicted molar refractivity (Wildman–Crippen MR) is 140 cm³/mol. The summed E-state index contributed by atoms with van der Waals surface area (Å²) in [6.07, 6.45) is 0.904. The Hall–Kier alpha value is -1.99. The van der Waals surface area contributed by atoms with E-state index in [1.165, 1.54) is 11.1 Å². The van der Waals surface area contributed by atoms with Gasteiger partial charge in [-0.05, 0) is 54.2 Å². The second-order valence-corrected chi connectivity index (χ2v) is 10.6. The number of anilines is 1. The average Bonchev–Trinajstić information content (AvgIpc) is 3.19. The maximum absolute atomic E-state index is 13.6. The molecule has 2 aromatic carbocycles. The molecule has 2 heterocycles. The first-order valence-electron chi connectivity index (χ1n) is 11.4. The summed E-state index contributed by atoms with van der Waals surface area (Å²) >= 11 is 1.60. The van der Waals surface area contributed by atoms with Gasteiger partial charge in [0.1, 0.15) is 0 Å². The normalized spacial score (nSPS) is 14.8. The van der Waals surface area contributed by atoms with Crippen LogP contribution < -0.4 is 4.90 Å². The molecular formula is C26H34ClN3O2S. The third-order valence-corrected chi connectivity index (χ3v) is 7.01. The molecule has 0 spiro atoms. The van der Waals surface area contributed by atoms with Crippen molar-refractivity contribution in [1.29, 1.82) is 0 Å². The van der Waals surface area contributed by atoms with E-state index in [0.717, 1.165) is 54.6 Å². The third kappa shape index (κ3) is 6.33. The van der Waals surface area contributed by atoms with Gasteiger partial charge in [-0.25, -0.2) is 4.98 Å². The molecule has 1 aromatic heterocycles. The number of thiazole rings is 1. The van der Waals surface area contributed by atoms with Crippen LogP contribution in [0.15, 0.2) is 42.5 Å². The highest BCUT2D eigenvalue weighted by Gasteiger charge is 2.23. The van der Waals surface area contributed by atoms with Crippen LogP contribution in [0.5, 0.6) is 0 Å². The van der Waals surface area contributed by atoms with Gasteiger partial charge in [-0.2, -0.15) is 0 Å². The molecule has 4 rings (SSSR count). The van der Waals surface area contributed by atoms with Gasteiger partial charge in [-0.15, -0.1) is 12.4 Å². The number of hydrogen-bond donors (Lipinski definition) is 0. The molecule has 1 fully saturated rings. The zero-order chi connectivity index (χ0) is 22.7. The smallest absolute Gasteiger partial charge is 0.260 e. The number of nitrogens with zero attached hydrogens (tertiary/aromatic N) is 3. The average molecular weight is 488 g/mol. The molecule has 0 radical (unpaired) electrons. The summed E-state index contributed by atoms with van der Waals surface area (Å²) in [7, 11) is 0. The van der Waals surface area contributed by atoms with Crippen molar-refractivity contribution in [3.63, 3.8) is 0 Å². The molecule has 0 N–H and O–H groups in total. The van der Waals surface area contributed by atoms with Gasteiger partial charge >= 0.3 is 0 Å². The van der Waals surface area contributed by atoms with Gasteiger partial charge in [0.2, 0.25) is 0 Å². The molecule has 1 aliphatic heterocycles. The largest absolute Gasteiger partial charge is 0.379 e. The van der Waals surface area contributed by atoms with E-state index in [4.69, 9.17) is 9.72 Å². The number of benzene rings is 2. The van der Waals surface area contributed by atoms with Crippen molar-refractivity contribution in [3.8, 4) is 0 Å². The summed E-state index contributed by atoms with van der Waals surface area (Å²) in [4.78, 5) is 22.7. The molecular weight excluding hydrogens is 454 g/mol. The van der Waals surface area contributed by atoms with Crippen LogP contribution in [0.1, 0.15) is 48.7 Å². The highest BCUT2D eigenvalue weighted by Crippen LogP contribution is 2.31. The molecule has 33 heavy (non-hydrogen) atoms. The van der Waals surface area contributed by atoms with Crippen LogP contribution in [-0.4, -0.2) is 55.2 Å². The molecule has 178 valence electrons. The van der Waals surface area contributed by atoms with Gasteiger partial charge in [-0.1, -0.05) is 50.3 Å². The molecule has 0 bridgehead atoms. The fourth-order valence-electron chi connectivity index (χ4n) is 3.97. The van der Waals surface area contributed by atoms with Crippen LogP contribution in [0.2, 0.25) is 0 Å². The van der Waals surface area contributed by atoms with Gasteiger partial charge < -0.3 is 4.74 Å². The lowest BCUT2D eigenvalue weighted by Gasteiger charge is -2.28. The van der Waals surface area contributed by atoms with Crippen LogP contribution in [0, 0.1) is 6.92 Å². The summed E-state index contributed by atoms with van der Waals surface area (Å²) in [6, 6.07) is 14.3. The first-order valence-corrected chi connectivity index (χ1v) is 12.2. The van der Waals surface area contributed by atoms with Crippen molar-refractivity contribution in [2.45, 2.75) is 39.5 Å². The molecule has 0 saturated carbocycles. The topological polar surface area (TPSA) is 45.7 Å². The van der Waals surface area contributed by atoms with E-state index < -0.39 is 0 Å². The number of halogens is 1. The maximum atomic E-state index is 13.6. The molecule has 5 nitrogen and oxygen atoms in total. The molecule has 1 aliphatic rings. The van der Waals surface area contributed by atoms with Crippen molar-refractivity contribution in [2.75, 3.05) is 44.3 Å². The predicted octanol–water partition coefficient (Wildman–Crippen LogP) is 5.69. The molecule has 0 unspecified atom stereocenters. The van der Waals surface area contributed by atoms with Crippen LogP contribution in [0.3, 0.4) is 0 Å². The SMILES string of the molecule is Cc1ccc2nc(N(CCCN3CCOCC3)C(=O)c3ccc(C(C)(C)C)cc3)sc2c1.Cl. The summed E-state index contributed by atoms with van der Waals surface area (Å²) in [5, 5.41) is 0.775. The summed E-state index contributed by atoms with van der Waals surface area (Å²) in [6.45, 7) is 13.8. The first kappa shape index (κ1) is 25.6. The first-order chi connectivity index (χ1) is 15.3. The Morgan fingerprint density at radius 2 is 1.82 bits per heavy atom. The molecule has 0 aliphatic carbocycles. The quantitative estimate of drug-likeness (QED) is 0.448. The van der Waals surface area contributed by atoms with Crippen molar-refractivity contribution in [1.82, 2.24) is 9.88 Å². The van der Waals surface area contributed by atoms with Crippen molar-refractivity contribution >= 4 is 45.0 Å². The number of aromatic nitrogens is 1. The van der Waals surface area contributed by atoms with Gasteiger partial charge in [0.25, 0.3) is 5.91 Å². The highest BCUT2D eigenvalue weighted by atomic mass is 35.5. The molecule has 1 amide bonds. The second kappa shape index (κ2) is 11.0. The Morgan fingerprint density at radius 3 is 2.48 bits per heavy atom. The number of fused-ring (bicyclic) bond motifs is 1. The van der Waals surface area contributed by atoms with Crippen LogP contribution in [0.4, 0.5) is 5.13 Å². The maximum Gasteiger partial charge on any atom is 0.260 e. The van der Waals surface area contributed by atoms with E-state index >= 15 is 0 Å². The number of morpholine rings is 1. The minimum absolute atomic E-state index is 0. The second-order valence-electron chi connectivity index (χ2n) is 9.56. The zero-order valence-electron chi connectivity index (χ0n) is 20.0. The van der Waals surface area contributed by atoms with E-state index in [0.29, 0.717) is 12.1 Å². The lowest BCUT2D eigenvalue weighted by molar-refractivity contribution is 0.0376. The summed E-state index contributed by atoms with van der Waals surface area (Å²) < 4.78 is 6.57. The molecule has 1 saturated heterocycles. The standard InChI is InChI=1S/C26H33N3O2S.ClH/c1-19-6-11-22-23(18-19)32-25(27-22)29(13-5-12-28-14-16-31-17-15-28)24(30)20-7-9-21(10-8-20)26(2,3)4;/h6-11,18H,5,12-17H2,1-4H3;1H. The van der Waals surface area contributed by atoms with Crippen molar-refractivity contribution in [3.05, 3.63) is 59.2 Å². The van der Waals surface area contributed by atoms with Gasteiger partial charge in [-0.3, -0.25) is 14.6 Å². The van der Waals surface area contributed by atoms with Crippen LogP contribution in [0.25, 0.3) is 10.2 Å². The number of aryl methyl sites for hydroxylation is 1. The van der Waals surface area contributed by atoms with Crippen LogP contribution >= 0.6 is 23.7 Å². The number of amides is 1.